The number of carbonyl (C=O) groups excluding carboxylic acids is 1. The van der Waals surface area contributed by atoms with Gasteiger partial charge in [-0.1, -0.05) is 77.3 Å². The lowest BCUT2D eigenvalue weighted by Crippen LogP contribution is -2.46. The van der Waals surface area contributed by atoms with Crippen molar-refractivity contribution in [1.29, 1.82) is 0 Å². The van der Waals surface area contributed by atoms with Gasteiger partial charge >= 0.3 is 6.03 Å². The summed E-state index contributed by atoms with van der Waals surface area (Å²) < 4.78 is 0. The van der Waals surface area contributed by atoms with Crippen LogP contribution in [0.3, 0.4) is 0 Å². The van der Waals surface area contributed by atoms with E-state index in [1.807, 2.05) is 17.0 Å². The Bertz CT molecular complexity index is 1100. The summed E-state index contributed by atoms with van der Waals surface area (Å²) >= 11 is 1.74. The van der Waals surface area contributed by atoms with Crippen LogP contribution in [0, 0.1) is 0 Å². The number of hydrogen-bond acceptors (Lipinski definition) is 3. The van der Waals surface area contributed by atoms with E-state index in [0.717, 1.165) is 24.1 Å². The maximum absolute atomic E-state index is 14.1. The Morgan fingerprint density at radius 1 is 0.972 bits per heavy atom. The minimum absolute atomic E-state index is 0.0229. The standard InChI is InChI=1S/C31H40N2O2S/c1-22(2)27-9-8-10-28(23(3)4)29(27)32-30(35)33(19-24-11-13-26(34)14-12-24)21-31(16-6-5-7-17-31)25-15-18-36-20-25/h8-15,18,20,22-23,34H,5-7,16-17,19,21H2,1-4H3,(H,32,35). The van der Waals surface area contributed by atoms with E-state index in [1.54, 1.807) is 23.5 Å². The van der Waals surface area contributed by atoms with E-state index in [2.05, 4.69) is 68.0 Å². The van der Waals surface area contributed by atoms with E-state index in [0.29, 0.717) is 24.9 Å². The number of nitrogens with one attached hydrogen (secondary N) is 1. The number of urea groups is 1. The largest absolute Gasteiger partial charge is 0.508 e. The average Bonchev–Trinajstić information content (AvgIpc) is 3.41. The van der Waals surface area contributed by atoms with E-state index < -0.39 is 0 Å². The predicted octanol–water partition coefficient (Wildman–Crippen LogP) is 8.64. The van der Waals surface area contributed by atoms with E-state index in [-0.39, 0.29) is 17.2 Å². The highest BCUT2D eigenvalue weighted by Gasteiger charge is 2.37. The Hall–Kier alpha value is -2.79. The minimum Gasteiger partial charge on any atom is -0.508 e. The number of hydrogen-bond donors (Lipinski definition) is 2. The zero-order valence-corrected chi connectivity index (χ0v) is 22.9. The molecule has 0 radical (unpaired) electrons. The lowest BCUT2D eigenvalue weighted by Gasteiger charge is -2.41. The maximum atomic E-state index is 14.1. The number of thiophene rings is 1. The average molecular weight is 505 g/mol. The Morgan fingerprint density at radius 3 is 2.17 bits per heavy atom. The van der Waals surface area contributed by atoms with Gasteiger partial charge in [0.15, 0.2) is 0 Å². The van der Waals surface area contributed by atoms with Crippen molar-refractivity contribution in [2.45, 2.75) is 83.6 Å². The monoisotopic (exact) mass is 504 g/mol. The highest BCUT2D eigenvalue weighted by atomic mass is 32.1. The molecule has 0 bridgehead atoms. The van der Waals surface area contributed by atoms with Crippen LogP contribution in [0.1, 0.15) is 93.9 Å². The van der Waals surface area contributed by atoms with Crippen LogP contribution in [0.25, 0.3) is 0 Å². The lowest BCUT2D eigenvalue weighted by molar-refractivity contribution is 0.169. The molecular weight excluding hydrogens is 464 g/mol. The third-order valence-corrected chi connectivity index (χ3v) is 8.32. The molecular formula is C31H40N2O2S. The van der Waals surface area contributed by atoms with Gasteiger partial charge in [0.1, 0.15) is 5.75 Å². The summed E-state index contributed by atoms with van der Waals surface area (Å²) in [4.78, 5) is 16.1. The van der Waals surface area contributed by atoms with Gasteiger partial charge in [-0.25, -0.2) is 4.79 Å². The van der Waals surface area contributed by atoms with Crippen LogP contribution < -0.4 is 5.32 Å². The zero-order valence-electron chi connectivity index (χ0n) is 22.1. The van der Waals surface area contributed by atoms with Crippen molar-refractivity contribution < 1.29 is 9.90 Å². The number of para-hydroxylation sites is 1. The van der Waals surface area contributed by atoms with Gasteiger partial charge in [0.2, 0.25) is 0 Å². The van der Waals surface area contributed by atoms with Crippen molar-refractivity contribution in [3.63, 3.8) is 0 Å². The van der Waals surface area contributed by atoms with Gasteiger partial charge in [-0.3, -0.25) is 0 Å². The van der Waals surface area contributed by atoms with Crippen molar-refractivity contribution in [3.05, 3.63) is 81.5 Å². The van der Waals surface area contributed by atoms with Crippen LogP contribution in [0.15, 0.2) is 59.3 Å². The van der Waals surface area contributed by atoms with Crippen LogP contribution in [0.4, 0.5) is 10.5 Å². The summed E-state index contributed by atoms with van der Waals surface area (Å²) in [6.45, 7) is 9.89. The molecule has 1 saturated carbocycles. The first-order valence-electron chi connectivity index (χ1n) is 13.3. The van der Waals surface area contributed by atoms with E-state index in [1.165, 1.54) is 36.0 Å². The molecule has 1 fully saturated rings. The number of rotatable bonds is 8. The Labute approximate surface area is 220 Å². The molecule has 0 spiro atoms. The summed E-state index contributed by atoms with van der Waals surface area (Å²) in [6.07, 6.45) is 5.85. The van der Waals surface area contributed by atoms with Crippen molar-refractivity contribution in [2.24, 2.45) is 0 Å². The molecule has 3 aromatic rings. The first-order chi connectivity index (χ1) is 17.3. The molecule has 192 valence electrons. The second-order valence-corrected chi connectivity index (χ2v) is 11.7. The Morgan fingerprint density at radius 2 is 1.61 bits per heavy atom. The lowest BCUT2D eigenvalue weighted by atomic mass is 9.70. The summed E-state index contributed by atoms with van der Waals surface area (Å²) in [5, 5.41) is 17.6. The van der Waals surface area contributed by atoms with Gasteiger partial charge in [-0.05, 0) is 75.9 Å². The number of benzene rings is 2. The second kappa shape index (κ2) is 11.5. The molecule has 2 aromatic carbocycles. The Kier molecular flexibility index (Phi) is 8.40. The first-order valence-corrected chi connectivity index (χ1v) is 14.2. The second-order valence-electron chi connectivity index (χ2n) is 10.9. The first kappa shape index (κ1) is 26.3. The molecule has 1 aromatic heterocycles. The summed E-state index contributed by atoms with van der Waals surface area (Å²) in [5.74, 6) is 0.851. The van der Waals surface area contributed by atoms with Crippen LogP contribution in [-0.2, 0) is 12.0 Å². The topological polar surface area (TPSA) is 52.6 Å². The molecule has 1 aliphatic carbocycles. The minimum atomic E-state index is -0.0572. The molecule has 2 N–H and O–H groups in total. The van der Waals surface area contributed by atoms with Crippen molar-refractivity contribution >= 4 is 23.1 Å². The SMILES string of the molecule is CC(C)c1cccc(C(C)C)c1NC(=O)N(Cc1ccc(O)cc1)CC1(c2ccsc2)CCCCC1. The third-order valence-electron chi connectivity index (χ3n) is 7.64. The van der Waals surface area contributed by atoms with Gasteiger partial charge in [-0.2, -0.15) is 11.3 Å². The predicted molar refractivity (Wildman–Crippen MR) is 151 cm³/mol. The van der Waals surface area contributed by atoms with Crippen molar-refractivity contribution in [1.82, 2.24) is 4.90 Å². The van der Waals surface area contributed by atoms with Gasteiger partial charge < -0.3 is 15.3 Å². The molecule has 5 heteroatoms. The maximum Gasteiger partial charge on any atom is 0.322 e. The van der Waals surface area contributed by atoms with Gasteiger partial charge in [-0.15, -0.1) is 0 Å². The molecule has 0 unspecified atom stereocenters. The third kappa shape index (κ3) is 5.95. The quantitative estimate of drug-likeness (QED) is 0.322. The number of phenols is 1. The van der Waals surface area contributed by atoms with Gasteiger partial charge in [0.05, 0.1) is 0 Å². The van der Waals surface area contributed by atoms with E-state index in [9.17, 15) is 9.90 Å². The van der Waals surface area contributed by atoms with Crippen molar-refractivity contribution in [3.8, 4) is 5.75 Å². The van der Waals surface area contributed by atoms with Crippen LogP contribution >= 0.6 is 11.3 Å². The highest BCUT2D eigenvalue weighted by Crippen LogP contribution is 2.42. The molecule has 0 atom stereocenters. The van der Waals surface area contributed by atoms with E-state index >= 15 is 0 Å². The molecule has 0 aliphatic heterocycles. The molecule has 4 rings (SSSR count). The van der Waals surface area contributed by atoms with Crippen LogP contribution in [-0.4, -0.2) is 22.6 Å². The highest BCUT2D eigenvalue weighted by molar-refractivity contribution is 7.08. The summed E-state index contributed by atoms with van der Waals surface area (Å²) in [7, 11) is 0. The molecule has 1 aliphatic rings. The molecule has 36 heavy (non-hydrogen) atoms. The Balaban J connectivity index is 1.70. The molecule has 2 amide bonds. The number of amides is 2. The zero-order chi connectivity index (χ0) is 25.7. The van der Waals surface area contributed by atoms with Gasteiger partial charge in [0.25, 0.3) is 0 Å². The molecule has 1 heterocycles. The number of nitrogens with zero attached hydrogens (tertiary/aromatic N) is 1. The number of anilines is 1. The molecule has 0 saturated heterocycles. The fraction of sp³-hybridized carbons (Fsp3) is 0.452. The summed E-state index contributed by atoms with van der Waals surface area (Å²) in [6, 6.07) is 15.8. The van der Waals surface area contributed by atoms with Crippen LogP contribution in [0.2, 0.25) is 0 Å². The number of phenolic OH excluding ortho intramolecular Hbond substituents is 1. The van der Waals surface area contributed by atoms with Crippen molar-refractivity contribution in [2.75, 3.05) is 11.9 Å². The molecule has 4 nitrogen and oxygen atoms in total. The normalized spacial score (nSPS) is 15.3. The summed E-state index contributed by atoms with van der Waals surface area (Å²) in [5.41, 5.74) is 5.65. The smallest absolute Gasteiger partial charge is 0.322 e. The van der Waals surface area contributed by atoms with E-state index in [4.69, 9.17) is 0 Å². The fourth-order valence-electron chi connectivity index (χ4n) is 5.60. The number of aromatic hydroxyl groups is 1. The van der Waals surface area contributed by atoms with Gasteiger partial charge in [0, 0.05) is 24.2 Å². The number of carbonyl (C=O) groups is 1. The van der Waals surface area contributed by atoms with Crippen LogP contribution in [0.5, 0.6) is 5.75 Å². The fourth-order valence-corrected chi connectivity index (χ4v) is 6.38.